The first kappa shape index (κ1) is 22.7. The first-order valence-corrected chi connectivity index (χ1v) is 9.43. The highest BCUT2D eigenvalue weighted by atomic mass is 19.5. The van der Waals surface area contributed by atoms with Gasteiger partial charge >= 0.3 is 7.25 Å². The van der Waals surface area contributed by atoms with Gasteiger partial charge in [-0.05, 0) is 44.4 Å². The van der Waals surface area contributed by atoms with Crippen LogP contribution in [0, 0.1) is 41.5 Å². The summed E-state index contributed by atoms with van der Waals surface area (Å²) in [7, 11) is -6.00. The number of rotatable bonds is 2. The van der Waals surface area contributed by atoms with Crippen LogP contribution in [0.1, 0.15) is 33.6 Å². The van der Waals surface area contributed by atoms with Crippen molar-refractivity contribution in [1.82, 2.24) is 0 Å². The van der Waals surface area contributed by atoms with E-state index in [1.807, 2.05) is 0 Å². The molecule has 2 aromatic carbocycles. The third-order valence-electron chi connectivity index (χ3n) is 4.79. The molecule has 1 nitrogen and oxygen atoms in total. The molecule has 0 aliphatic rings. The van der Waals surface area contributed by atoms with Crippen molar-refractivity contribution in [2.75, 3.05) is 0 Å². The summed E-state index contributed by atoms with van der Waals surface area (Å²) < 4.78 is 41.4. The number of halogens is 4. The van der Waals surface area contributed by atoms with Gasteiger partial charge in [-0.15, -0.1) is 0 Å². The summed E-state index contributed by atoms with van der Waals surface area (Å²) in [6.45, 7) is 13.1. The lowest BCUT2D eigenvalue weighted by Crippen LogP contribution is -2.39. The predicted octanol–water partition coefficient (Wildman–Crippen LogP) is 6.78. The minimum Gasteiger partial charge on any atom is -0.418 e. The Hall–Kier alpha value is -2.63. The highest BCUT2D eigenvalue weighted by Gasteiger charge is 2.21. The van der Waals surface area contributed by atoms with Crippen molar-refractivity contribution in [3.05, 3.63) is 82.2 Å². The molecule has 0 unspecified atom stereocenters. The van der Waals surface area contributed by atoms with Crippen molar-refractivity contribution in [3.8, 4) is 16.8 Å². The number of aromatic nitrogens is 1. The van der Waals surface area contributed by atoms with Gasteiger partial charge in [-0.3, -0.25) is 0 Å². The number of benzene rings is 2. The number of hydrogen-bond acceptors (Lipinski definition) is 0. The molecule has 0 aliphatic heterocycles. The third kappa shape index (κ3) is 5.92. The van der Waals surface area contributed by atoms with Crippen molar-refractivity contribution in [2.24, 2.45) is 0 Å². The van der Waals surface area contributed by atoms with Crippen LogP contribution in [0.3, 0.4) is 0 Å². The van der Waals surface area contributed by atoms with Gasteiger partial charge in [0.2, 0.25) is 5.69 Å². The zero-order chi connectivity index (χ0) is 21.9. The molecule has 1 heterocycles. The molecule has 0 aliphatic carbocycles. The molecule has 0 saturated carbocycles. The van der Waals surface area contributed by atoms with E-state index in [1.165, 1.54) is 50.5 Å². The number of aryl methyl sites for hydroxylation is 6. The Morgan fingerprint density at radius 3 is 1.59 bits per heavy atom. The maximum atomic E-state index is 9.75. The minimum atomic E-state index is -6.00. The Morgan fingerprint density at radius 2 is 1.14 bits per heavy atom. The molecular formula is C23H26BF4N. The second-order valence-electron chi connectivity index (χ2n) is 7.42. The summed E-state index contributed by atoms with van der Waals surface area (Å²) in [4.78, 5) is 0. The second-order valence-corrected chi connectivity index (χ2v) is 7.42. The van der Waals surface area contributed by atoms with Gasteiger partial charge in [0, 0.05) is 37.1 Å². The van der Waals surface area contributed by atoms with E-state index in [0.29, 0.717) is 0 Å². The van der Waals surface area contributed by atoms with Crippen molar-refractivity contribution >= 4 is 7.25 Å². The Balaban J connectivity index is 0.000000537. The summed E-state index contributed by atoms with van der Waals surface area (Å²) in [5.41, 5.74) is 11.7. The highest BCUT2D eigenvalue weighted by molar-refractivity contribution is 6.50. The normalized spacial score (nSPS) is 11.1. The molecule has 0 atom stereocenters. The van der Waals surface area contributed by atoms with Crippen LogP contribution in [0.5, 0.6) is 0 Å². The third-order valence-corrected chi connectivity index (χ3v) is 4.79. The van der Waals surface area contributed by atoms with E-state index in [0.717, 1.165) is 0 Å². The second kappa shape index (κ2) is 8.81. The lowest BCUT2D eigenvalue weighted by Gasteiger charge is -2.12. The van der Waals surface area contributed by atoms with Gasteiger partial charge in [0.25, 0.3) is 0 Å². The van der Waals surface area contributed by atoms with Gasteiger partial charge in [0.15, 0.2) is 11.4 Å². The molecule has 0 amide bonds. The van der Waals surface area contributed by atoms with Crippen LogP contribution in [0.4, 0.5) is 17.3 Å². The van der Waals surface area contributed by atoms with Crippen LogP contribution in [0.25, 0.3) is 16.8 Å². The summed E-state index contributed by atoms with van der Waals surface area (Å²) in [5.74, 6) is 0. The summed E-state index contributed by atoms with van der Waals surface area (Å²) >= 11 is 0. The van der Waals surface area contributed by atoms with E-state index in [4.69, 9.17) is 0 Å². The molecule has 6 heteroatoms. The van der Waals surface area contributed by atoms with E-state index in [1.54, 1.807) is 0 Å². The van der Waals surface area contributed by atoms with E-state index >= 15 is 0 Å². The molecule has 0 saturated heterocycles. The van der Waals surface area contributed by atoms with Crippen molar-refractivity contribution in [2.45, 2.75) is 41.5 Å². The first-order valence-electron chi connectivity index (χ1n) is 9.43. The van der Waals surface area contributed by atoms with Gasteiger partial charge in [0.1, 0.15) is 0 Å². The average Bonchev–Trinajstić information content (AvgIpc) is 2.55. The van der Waals surface area contributed by atoms with Gasteiger partial charge in [-0.25, -0.2) is 0 Å². The molecule has 0 N–H and O–H groups in total. The van der Waals surface area contributed by atoms with Crippen LogP contribution in [-0.4, -0.2) is 7.25 Å². The molecule has 0 bridgehead atoms. The molecule has 3 aromatic rings. The smallest absolute Gasteiger partial charge is 0.418 e. The standard InChI is InChI=1S/C23H26N.BF4/c1-15-10-11-22(18(4)12-15)21-13-19(5)24(20(6)14-21)23-16(2)8-7-9-17(23)3;2-1(3,4)5/h7-14H,1-6H3;/q+1;-1. The molecular weight excluding hydrogens is 377 g/mol. The van der Waals surface area contributed by atoms with Gasteiger partial charge in [0.05, 0.1) is 0 Å². The molecule has 3 rings (SSSR count). The van der Waals surface area contributed by atoms with E-state index in [2.05, 4.69) is 94.6 Å². The molecule has 0 radical (unpaired) electrons. The molecule has 1 aromatic heterocycles. The molecule has 154 valence electrons. The highest BCUT2D eigenvalue weighted by Crippen LogP contribution is 2.26. The topological polar surface area (TPSA) is 3.88 Å². The Morgan fingerprint density at radius 1 is 0.655 bits per heavy atom. The number of para-hydroxylation sites is 1. The van der Waals surface area contributed by atoms with E-state index in [-0.39, 0.29) is 0 Å². The monoisotopic (exact) mass is 403 g/mol. The Labute approximate surface area is 170 Å². The zero-order valence-corrected chi connectivity index (χ0v) is 17.7. The number of nitrogens with zero attached hydrogens (tertiary/aromatic N) is 1. The maximum absolute atomic E-state index is 9.75. The largest absolute Gasteiger partial charge is 0.673 e. The molecule has 29 heavy (non-hydrogen) atoms. The lowest BCUT2D eigenvalue weighted by atomic mass is 9.97. The zero-order valence-electron chi connectivity index (χ0n) is 17.7. The fourth-order valence-electron chi connectivity index (χ4n) is 3.70. The lowest BCUT2D eigenvalue weighted by molar-refractivity contribution is -0.610. The number of hydrogen-bond donors (Lipinski definition) is 0. The summed E-state index contributed by atoms with van der Waals surface area (Å²) in [6, 6.07) is 17.8. The average molecular weight is 403 g/mol. The molecule has 0 spiro atoms. The first-order chi connectivity index (χ1) is 13.4. The van der Waals surface area contributed by atoms with Crippen molar-refractivity contribution in [1.29, 1.82) is 0 Å². The SMILES string of the molecule is Cc1ccc(-c2cc(C)[n+](-c3c(C)cccc3C)c(C)c2)c(C)c1.F[B-](F)(F)F. The maximum Gasteiger partial charge on any atom is 0.673 e. The summed E-state index contributed by atoms with van der Waals surface area (Å²) in [6.07, 6.45) is 0. The van der Waals surface area contributed by atoms with Crippen LogP contribution in [0.15, 0.2) is 48.5 Å². The van der Waals surface area contributed by atoms with Gasteiger partial charge in [-0.2, -0.15) is 4.57 Å². The van der Waals surface area contributed by atoms with Crippen LogP contribution in [-0.2, 0) is 0 Å². The van der Waals surface area contributed by atoms with Crippen LogP contribution in [0.2, 0.25) is 0 Å². The Bertz CT molecular complexity index is 977. The fraction of sp³-hybridized carbons (Fsp3) is 0.261. The predicted molar refractivity (Wildman–Crippen MR) is 112 cm³/mol. The van der Waals surface area contributed by atoms with Crippen LogP contribution >= 0.6 is 0 Å². The molecule has 0 fully saturated rings. The van der Waals surface area contributed by atoms with Crippen molar-refractivity contribution < 1.29 is 21.8 Å². The van der Waals surface area contributed by atoms with Gasteiger partial charge in [-0.1, -0.05) is 42.0 Å². The van der Waals surface area contributed by atoms with E-state index < -0.39 is 7.25 Å². The van der Waals surface area contributed by atoms with E-state index in [9.17, 15) is 17.3 Å². The minimum absolute atomic E-state index is 1.27. The van der Waals surface area contributed by atoms with Crippen LogP contribution < -0.4 is 4.57 Å². The quantitative estimate of drug-likeness (QED) is 0.252. The summed E-state index contributed by atoms with van der Waals surface area (Å²) in [5, 5.41) is 0. The van der Waals surface area contributed by atoms with Crippen molar-refractivity contribution in [3.63, 3.8) is 0 Å². The number of pyridine rings is 1. The fourth-order valence-corrected chi connectivity index (χ4v) is 3.70. The Kier molecular flexibility index (Phi) is 6.88. The van der Waals surface area contributed by atoms with Gasteiger partial charge < -0.3 is 17.3 Å².